The minimum absolute atomic E-state index is 0.140. The second kappa shape index (κ2) is 5.16. The molecule has 0 saturated heterocycles. The van der Waals surface area contributed by atoms with Crippen molar-refractivity contribution < 1.29 is 5.11 Å². The van der Waals surface area contributed by atoms with Crippen molar-refractivity contribution in [2.45, 2.75) is 32.3 Å². The zero-order valence-electron chi connectivity index (χ0n) is 12.2. The summed E-state index contributed by atoms with van der Waals surface area (Å²) in [5, 5.41) is 15.9. The Kier molecular flexibility index (Phi) is 3.47. The first kappa shape index (κ1) is 14.1. The van der Waals surface area contributed by atoms with Crippen LogP contribution in [0.2, 0.25) is 0 Å². The molecule has 4 nitrogen and oxygen atoms in total. The van der Waals surface area contributed by atoms with Gasteiger partial charge >= 0.3 is 0 Å². The normalized spacial score (nSPS) is 13.5. The van der Waals surface area contributed by atoms with E-state index in [0.717, 1.165) is 27.0 Å². The lowest BCUT2D eigenvalue weighted by molar-refractivity contribution is 0.221. The fourth-order valence-electron chi connectivity index (χ4n) is 2.30. The molecule has 5 heteroatoms. The van der Waals surface area contributed by atoms with Crippen molar-refractivity contribution >= 4 is 22.4 Å². The molecule has 0 aliphatic heterocycles. The largest absolute Gasteiger partial charge is 0.383 e. The number of hydrogen-bond donors (Lipinski definition) is 1. The minimum Gasteiger partial charge on any atom is -0.383 e. The molecule has 108 valence electrons. The Hall–Kier alpha value is -1.85. The number of aromatic nitrogens is 3. The Morgan fingerprint density at radius 2 is 2.00 bits per heavy atom. The summed E-state index contributed by atoms with van der Waals surface area (Å²) in [5.41, 5.74) is 2.40. The van der Waals surface area contributed by atoms with Gasteiger partial charge in [0.05, 0.1) is 16.1 Å². The summed E-state index contributed by atoms with van der Waals surface area (Å²) in [5.74, 6) is 0. The molecular formula is C16H17N3OS. The van der Waals surface area contributed by atoms with Gasteiger partial charge < -0.3 is 5.11 Å². The van der Waals surface area contributed by atoms with E-state index in [-0.39, 0.29) is 5.41 Å². The summed E-state index contributed by atoms with van der Waals surface area (Å²) in [4.78, 5) is 5.14. The van der Waals surface area contributed by atoms with E-state index < -0.39 is 6.10 Å². The molecule has 1 aromatic carbocycles. The molecule has 0 radical (unpaired) electrons. The molecule has 3 rings (SSSR count). The van der Waals surface area contributed by atoms with Gasteiger partial charge in [0.2, 0.25) is 0 Å². The molecule has 1 N–H and O–H groups in total. The van der Waals surface area contributed by atoms with Crippen molar-refractivity contribution in [2.24, 2.45) is 0 Å². The molecule has 3 aromatic rings. The maximum absolute atomic E-state index is 10.7. The van der Waals surface area contributed by atoms with Gasteiger partial charge in [0.25, 0.3) is 0 Å². The van der Waals surface area contributed by atoms with Gasteiger partial charge in [-0.1, -0.05) is 43.5 Å². The highest BCUT2D eigenvalue weighted by molar-refractivity contribution is 7.05. The van der Waals surface area contributed by atoms with E-state index in [9.17, 15) is 5.11 Å². The molecular weight excluding hydrogens is 282 g/mol. The van der Waals surface area contributed by atoms with Gasteiger partial charge in [0.1, 0.15) is 6.10 Å². The van der Waals surface area contributed by atoms with Crippen molar-refractivity contribution in [3.63, 3.8) is 0 Å². The fourth-order valence-corrected chi connectivity index (χ4v) is 3.18. The molecule has 21 heavy (non-hydrogen) atoms. The van der Waals surface area contributed by atoms with Crippen LogP contribution in [0.1, 0.15) is 43.0 Å². The van der Waals surface area contributed by atoms with Crippen molar-refractivity contribution in [3.05, 3.63) is 52.7 Å². The van der Waals surface area contributed by atoms with Crippen LogP contribution in [0.15, 0.2) is 36.5 Å². The zero-order valence-corrected chi connectivity index (χ0v) is 13.1. The number of benzene rings is 1. The SMILES string of the molecule is CC(C)(C)c1nnsc1C(O)c1ccc2cccnc2c1. The Morgan fingerprint density at radius 1 is 1.19 bits per heavy atom. The predicted octanol–water partition coefficient (Wildman–Crippen LogP) is 3.47. The van der Waals surface area contributed by atoms with E-state index in [2.05, 4.69) is 35.3 Å². The van der Waals surface area contributed by atoms with E-state index >= 15 is 0 Å². The molecule has 0 spiro atoms. The van der Waals surface area contributed by atoms with Crippen LogP contribution in [-0.2, 0) is 5.41 Å². The summed E-state index contributed by atoms with van der Waals surface area (Å²) in [6.07, 6.45) is 1.04. The van der Waals surface area contributed by atoms with Crippen LogP contribution in [-0.4, -0.2) is 19.7 Å². The minimum atomic E-state index is -0.717. The van der Waals surface area contributed by atoms with Gasteiger partial charge in [-0.05, 0) is 29.2 Å². The highest BCUT2D eigenvalue weighted by atomic mass is 32.1. The van der Waals surface area contributed by atoms with Crippen molar-refractivity contribution in [3.8, 4) is 0 Å². The van der Waals surface area contributed by atoms with Crippen molar-refractivity contribution in [1.82, 2.24) is 14.6 Å². The van der Waals surface area contributed by atoms with Crippen LogP contribution >= 0.6 is 11.5 Å². The topological polar surface area (TPSA) is 58.9 Å². The van der Waals surface area contributed by atoms with E-state index in [0.29, 0.717) is 0 Å². The standard InChI is InChI=1S/C16H17N3OS/c1-16(2,3)15-14(21-19-18-15)13(20)11-7-6-10-5-4-8-17-12(10)9-11/h4-9,13,20H,1-3H3. The van der Waals surface area contributed by atoms with Gasteiger partial charge in [-0.3, -0.25) is 4.98 Å². The average Bonchev–Trinajstić information content (AvgIpc) is 2.95. The first-order chi connectivity index (χ1) is 9.97. The third kappa shape index (κ3) is 2.66. The summed E-state index contributed by atoms with van der Waals surface area (Å²) in [6.45, 7) is 6.21. The highest BCUT2D eigenvalue weighted by Crippen LogP contribution is 2.34. The smallest absolute Gasteiger partial charge is 0.117 e. The van der Waals surface area contributed by atoms with Gasteiger partial charge in [-0.25, -0.2) is 0 Å². The predicted molar refractivity (Wildman–Crippen MR) is 84.4 cm³/mol. The third-order valence-corrected chi connectivity index (χ3v) is 4.19. The lowest BCUT2D eigenvalue weighted by Gasteiger charge is -2.19. The Bertz CT molecular complexity index is 776. The quantitative estimate of drug-likeness (QED) is 0.787. The number of hydrogen-bond acceptors (Lipinski definition) is 5. The molecule has 0 bridgehead atoms. The molecule has 0 aliphatic rings. The summed E-state index contributed by atoms with van der Waals surface area (Å²) in [7, 11) is 0. The second-order valence-electron chi connectivity index (χ2n) is 6.09. The molecule has 0 saturated carbocycles. The first-order valence-corrected chi connectivity index (χ1v) is 7.59. The fraction of sp³-hybridized carbons (Fsp3) is 0.312. The molecule has 2 aromatic heterocycles. The van der Waals surface area contributed by atoms with Crippen LogP contribution in [0.25, 0.3) is 10.9 Å². The van der Waals surface area contributed by atoms with Gasteiger partial charge in [0.15, 0.2) is 0 Å². The lowest BCUT2D eigenvalue weighted by atomic mass is 9.89. The molecule has 1 atom stereocenters. The van der Waals surface area contributed by atoms with Gasteiger partial charge in [-0.15, -0.1) is 5.10 Å². The molecule has 1 unspecified atom stereocenters. The summed E-state index contributed by atoms with van der Waals surface area (Å²) in [6, 6.07) is 9.75. The van der Waals surface area contributed by atoms with E-state index in [1.54, 1.807) is 6.20 Å². The van der Waals surface area contributed by atoms with Crippen LogP contribution in [0.3, 0.4) is 0 Å². The Labute approximate surface area is 127 Å². The van der Waals surface area contributed by atoms with E-state index in [1.165, 1.54) is 11.5 Å². The maximum Gasteiger partial charge on any atom is 0.117 e. The monoisotopic (exact) mass is 299 g/mol. The number of aliphatic hydroxyl groups excluding tert-OH is 1. The summed E-state index contributed by atoms with van der Waals surface area (Å²) < 4.78 is 4.01. The van der Waals surface area contributed by atoms with Crippen molar-refractivity contribution in [1.29, 1.82) is 0 Å². The Morgan fingerprint density at radius 3 is 2.76 bits per heavy atom. The van der Waals surface area contributed by atoms with Crippen LogP contribution < -0.4 is 0 Å². The number of fused-ring (bicyclic) bond motifs is 1. The lowest BCUT2D eigenvalue weighted by Crippen LogP contribution is -2.16. The Balaban J connectivity index is 2.04. The first-order valence-electron chi connectivity index (χ1n) is 6.82. The highest BCUT2D eigenvalue weighted by Gasteiger charge is 2.27. The van der Waals surface area contributed by atoms with E-state index in [1.807, 2.05) is 30.3 Å². The van der Waals surface area contributed by atoms with Gasteiger partial charge in [0, 0.05) is 17.0 Å². The number of pyridine rings is 1. The molecule has 2 heterocycles. The maximum atomic E-state index is 10.7. The molecule has 0 aliphatic carbocycles. The van der Waals surface area contributed by atoms with Crippen LogP contribution in [0.5, 0.6) is 0 Å². The number of rotatable bonds is 2. The average molecular weight is 299 g/mol. The number of nitrogens with zero attached hydrogens (tertiary/aromatic N) is 3. The molecule has 0 fully saturated rings. The molecule has 0 amide bonds. The summed E-state index contributed by atoms with van der Waals surface area (Å²) >= 11 is 1.25. The zero-order chi connectivity index (χ0) is 15.0. The van der Waals surface area contributed by atoms with Crippen LogP contribution in [0.4, 0.5) is 0 Å². The van der Waals surface area contributed by atoms with Crippen molar-refractivity contribution in [2.75, 3.05) is 0 Å². The van der Waals surface area contributed by atoms with Gasteiger partial charge in [-0.2, -0.15) is 0 Å². The van der Waals surface area contributed by atoms with E-state index in [4.69, 9.17) is 0 Å². The third-order valence-electron chi connectivity index (χ3n) is 3.42. The number of aliphatic hydroxyl groups is 1. The second-order valence-corrected chi connectivity index (χ2v) is 6.88. The van der Waals surface area contributed by atoms with Crippen LogP contribution in [0, 0.1) is 0 Å².